The average Bonchev–Trinajstić information content (AvgIpc) is 2.01. The van der Waals surface area contributed by atoms with E-state index in [1.165, 1.54) is 0 Å². The van der Waals surface area contributed by atoms with Crippen LogP contribution in [0, 0.1) is 11.6 Å². The van der Waals surface area contributed by atoms with E-state index in [9.17, 15) is 13.6 Å². The number of ether oxygens (including phenoxy) is 1. The summed E-state index contributed by atoms with van der Waals surface area (Å²) < 4.78 is 29.9. The van der Waals surface area contributed by atoms with Gasteiger partial charge in [-0.15, -0.1) is 0 Å². The average molecular weight is 202 g/mol. The summed E-state index contributed by atoms with van der Waals surface area (Å²) >= 11 is 0. The van der Waals surface area contributed by atoms with Crippen molar-refractivity contribution in [3.8, 4) is 0 Å². The standard InChI is InChI=1S/C9H8F2O3/c10-7-1-6(2-8(11)3-7)4-14-5-9(12)13/h1-3H,4-5H2,(H,12,13). The zero-order chi connectivity index (χ0) is 10.6. The number of carboxylic acid groups (broad SMARTS) is 1. The molecule has 0 fully saturated rings. The third kappa shape index (κ3) is 3.49. The first-order valence-electron chi connectivity index (χ1n) is 3.82. The monoisotopic (exact) mass is 202 g/mol. The molecule has 1 aromatic rings. The fraction of sp³-hybridized carbons (Fsp3) is 0.222. The minimum Gasteiger partial charge on any atom is -0.480 e. The smallest absolute Gasteiger partial charge is 0.329 e. The second-order valence-electron chi connectivity index (χ2n) is 2.66. The van der Waals surface area contributed by atoms with Crippen LogP contribution in [0.3, 0.4) is 0 Å². The van der Waals surface area contributed by atoms with Gasteiger partial charge in [0.15, 0.2) is 0 Å². The quantitative estimate of drug-likeness (QED) is 0.805. The van der Waals surface area contributed by atoms with Crippen LogP contribution < -0.4 is 0 Å². The Balaban J connectivity index is 2.54. The molecule has 0 bridgehead atoms. The molecule has 0 atom stereocenters. The van der Waals surface area contributed by atoms with E-state index in [0.29, 0.717) is 0 Å². The van der Waals surface area contributed by atoms with Gasteiger partial charge < -0.3 is 9.84 Å². The van der Waals surface area contributed by atoms with Gasteiger partial charge in [0.25, 0.3) is 0 Å². The van der Waals surface area contributed by atoms with E-state index in [1.807, 2.05) is 0 Å². The fourth-order valence-electron chi connectivity index (χ4n) is 0.950. The van der Waals surface area contributed by atoms with Crippen molar-refractivity contribution in [1.82, 2.24) is 0 Å². The molecule has 5 heteroatoms. The summed E-state index contributed by atoms with van der Waals surface area (Å²) in [5.41, 5.74) is 0.267. The van der Waals surface area contributed by atoms with Crippen molar-refractivity contribution in [2.45, 2.75) is 6.61 Å². The Morgan fingerprint density at radius 1 is 1.29 bits per heavy atom. The molecular formula is C9H8F2O3. The first-order valence-corrected chi connectivity index (χ1v) is 3.82. The number of carboxylic acids is 1. The SMILES string of the molecule is O=C(O)COCc1cc(F)cc(F)c1. The maximum absolute atomic E-state index is 12.6. The van der Waals surface area contributed by atoms with E-state index < -0.39 is 24.2 Å². The Morgan fingerprint density at radius 2 is 1.86 bits per heavy atom. The van der Waals surface area contributed by atoms with Crippen molar-refractivity contribution in [3.05, 3.63) is 35.4 Å². The topological polar surface area (TPSA) is 46.5 Å². The molecule has 0 unspecified atom stereocenters. The van der Waals surface area contributed by atoms with Crippen molar-refractivity contribution in [3.63, 3.8) is 0 Å². The number of hydrogen-bond acceptors (Lipinski definition) is 2. The molecule has 0 saturated heterocycles. The summed E-state index contributed by atoms with van der Waals surface area (Å²) in [4.78, 5) is 10.1. The number of carbonyl (C=O) groups is 1. The molecule has 1 N–H and O–H groups in total. The highest BCUT2D eigenvalue weighted by molar-refractivity contribution is 5.67. The van der Waals surface area contributed by atoms with Gasteiger partial charge in [0.1, 0.15) is 18.2 Å². The van der Waals surface area contributed by atoms with Gasteiger partial charge in [-0.25, -0.2) is 13.6 Å². The first kappa shape index (κ1) is 10.6. The molecule has 76 valence electrons. The number of rotatable bonds is 4. The van der Waals surface area contributed by atoms with Gasteiger partial charge in [-0.05, 0) is 17.7 Å². The second-order valence-corrected chi connectivity index (χ2v) is 2.66. The Bertz CT molecular complexity index is 319. The molecule has 14 heavy (non-hydrogen) atoms. The third-order valence-corrected chi connectivity index (χ3v) is 1.42. The molecule has 0 amide bonds. The van der Waals surface area contributed by atoms with E-state index in [-0.39, 0.29) is 12.2 Å². The minimum atomic E-state index is -1.12. The van der Waals surface area contributed by atoms with Crippen LogP contribution in [0.15, 0.2) is 18.2 Å². The molecule has 1 rings (SSSR count). The molecule has 0 aromatic heterocycles. The molecule has 0 spiro atoms. The minimum absolute atomic E-state index is 0.124. The molecule has 3 nitrogen and oxygen atoms in total. The van der Waals surface area contributed by atoms with Crippen LogP contribution >= 0.6 is 0 Å². The molecule has 1 aromatic carbocycles. The molecule has 0 heterocycles. The normalized spacial score (nSPS) is 10.1. The molecular weight excluding hydrogens is 194 g/mol. The van der Waals surface area contributed by atoms with Crippen molar-refractivity contribution in [2.24, 2.45) is 0 Å². The van der Waals surface area contributed by atoms with Crippen LogP contribution in [0.1, 0.15) is 5.56 Å². The zero-order valence-corrected chi connectivity index (χ0v) is 7.17. The lowest BCUT2D eigenvalue weighted by atomic mass is 10.2. The maximum atomic E-state index is 12.6. The van der Waals surface area contributed by atoms with Gasteiger partial charge >= 0.3 is 5.97 Å². The van der Waals surface area contributed by atoms with Crippen LogP contribution in [0.5, 0.6) is 0 Å². The first-order chi connectivity index (χ1) is 6.58. The Hall–Kier alpha value is -1.49. The summed E-state index contributed by atoms with van der Waals surface area (Å²) in [7, 11) is 0. The van der Waals surface area contributed by atoms with Gasteiger partial charge in [0, 0.05) is 6.07 Å². The van der Waals surface area contributed by atoms with Crippen LogP contribution in [-0.4, -0.2) is 17.7 Å². The van der Waals surface area contributed by atoms with E-state index in [4.69, 9.17) is 5.11 Å². The number of benzene rings is 1. The number of halogens is 2. The van der Waals surface area contributed by atoms with Crippen molar-refractivity contribution >= 4 is 5.97 Å². The molecule has 0 aliphatic carbocycles. The maximum Gasteiger partial charge on any atom is 0.329 e. The largest absolute Gasteiger partial charge is 0.480 e. The summed E-state index contributed by atoms with van der Waals surface area (Å²) in [5.74, 6) is -2.54. The number of hydrogen-bond donors (Lipinski definition) is 1. The number of aliphatic carboxylic acids is 1. The van der Waals surface area contributed by atoms with Crippen molar-refractivity contribution in [2.75, 3.05) is 6.61 Å². The summed E-state index contributed by atoms with van der Waals surface area (Å²) in [5, 5.41) is 8.23. The van der Waals surface area contributed by atoms with Crippen molar-refractivity contribution < 1.29 is 23.4 Å². The predicted molar refractivity (Wildman–Crippen MR) is 43.6 cm³/mol. The van der Waals surface area contributed by atoms with E-state index >= 15 is 0 Å². The van der Waals surface area contributed by atoms with Gasteiger partial charge in [-0.3, -0.25) is 0 Å². The Kier molecular flexibility index (Phi) is 3.53. The van der Waals surface area contributed by atoms with E-state index in [0.717, 1.165) is 18.2 Å². The van der Waals surface area contributed by atoms with Crippen molar-refractivity contribution in [1.29, 1.82) is 0 Å². The zero-order valence-electron chi connectivity index (χ0n) is 7.17. The summed E-state index contributed by atoms with van der Waals surface area (Å²) in [6, 6.07) is 2.91. The summed E-state index contributed by atoms with van der Waals surface area (Å²) in [6.07, 6.45) is 0. The highest BCUT2D eigenvalue weighted by Gasteiger charge is 2.02. The molecule has 0 aliphatic heterocycles. The lowest BCUT2D eigenvalue weighted by molar-refractivity contribution is -0.142. The lowest BCUT2D eigenvalue weighted by Gasteiger charge is -2.01. The second kappa shape index (κ2) is 4.66. The van der Waals surface area contributed by atoms with E-state index in [2.05, 4.69) is 4.74 Å². The predicted octanol–water partition coefficient (Wildman–Crippen LogP) is 1.57. The lowest BCUT2D eigenvalue weighted by Crippen LogP contribution is -2.06. The van der Waals surface area contributed by atoms with Crippen LogP contribution in [0.2, 0.25) is 0 Å². The highest BCUT2D eigenvalue weighted by atomic mass is 19.1. The highest BCUT2D eigenvalue weighted by Crippen LogP contribution is 2.08. The molecule has 0 saturated carbocycles. The third-order valence-electron chi connectivity index (χ3n) is 1.42. The van der Waals surface area contributed by atoms with Gasteiger partial charge in [0.05, 0.1) is 6.61 Å². The summed E-state index contributed by atoms with van der Waals surface area (Å²) in [6.45, 7) is -0.612. The fourth-order valence-corrected chi connectivity index (χ4v) is 0.950. The van der Waals surface area contributed by atoms with E-state index in [1.54, 1.807) is 0 Å². The van der Waals surface area contributed by atoms with Crippen LogP contribution in [-0.2, 0) is 16.1 Å². The molecule has 0 radical (unpaired) electrons. The van der Waals surface area contributed by atoms with Gasteiger partial charge in [-0.2, -0.15) is 0 Å². The Labute approximate surface area is 78.9 Å². The van der Waals surface area contributed by atoms with Gasteiger partial charge in [0.2, 0.25) is 0 Å². The van der Waals surface area contributed by atoms with Crippen LogP contribution in [0.25, 0.3) is 0 Å². The van der Waals surface area contributed by atoms with Gasteiger partial charge in [-0.1, -0.05) is 0 Å². The van der Waals surface area contributed by atoms with Crippen LogP contribution in [0.4, 0.5) is 8.78 Å². The molecule has 0 aliphatic rings. The Morgan fingerprint density at radius 3 is 2.36 bits per heavy atom.